The molecular formula is C24H17N3O3S2. The molecule has 2 heterocycles. The molecule has 0 saturated carbocycles. The van der Waals surface area contributed by atoms with E-state index in [2.05, 4.69) is 5.32 Å². The molecule has 1 aliphatic rings. The molecule has 3 aromatic carbocycles. The van der Waals surface area contributed by atoms with Gasteiger partial charge in [0.05, 0.1) is 28.2 Å². The van der Waals surface area contributed by atoms with Crippen molar-refractivity contribution in [3.8, 4) is 10.6 Å². The first kappa shape index (κ1) is 20.4. The standard InChI is InChI=1S/C24H17N3O3S2/c28-21-14-31-24(30)27(21)13-15-6-5-7-16(12-15)22(29)25-18-9-2-1-8-17(18)23-26-19-10-3-4-11-20(19)32-23/h1-12H,13-14H2,(H,25,29). The van der Waals surface area contributed by atoms with Crippen molar-refractivity contribution in [3.05, 3.63) is 83.9 Å². The first-order chi connectivity index (χ1) is 15.6. The summed E-state index contributed by atoms with van der Waals surface area (Å²) in [6, 6.07) is 22.5. The van der Waals surface area contributed by atoms with Gasteiger partial charge < -0.3 is 5.32 Å². The molecule has 0 aliphatic carbocycles. The number of carbonyl (C=O) groups excluding carboxylic acids is 3. The van der Waals surface area contributed by atoms with Crippen molar-refractivity contribution >= 4 is 56.1 Å². The van der Waals surface area contributed by atoms with E-state index in [1.807, 2.05) is 48.5 Å². The second-order valence-corrected chi connectivity index (χ2v) is 9.18. The summed E-state index contributed by atoms with van der Waals surface area (Å²) in [6.07, 6.45) is 0. The zero-order valence-electron chi connectivity index (χ0n) is 16.8. The van der Waals surface area contributed by atoms with Crippen LogP contribution in [0.2, 0.25) is 0 Å². The lowest BCUT2D eigenvalue weighted by Gasteiger charge is -2.14. The van der Waals surface area contributed by atoms with Gasteiger partial charge in [0.25, 0.3) is 11.1 Å². The maximum Gasteiger partial charge on any atom is 0.289 e. The number of nitrogens with zero attached hydrogens (tertiary/aromatic N) is 2. The van der Waals surface area contributed by atoms with Gasteiger partial charge in [-0.1, -0.05) is 48.2 Å². The molecule has 5 rings (SSSR count). The Morgan fingerprint density at radius 1 is 1.00 bits per heavy atom. The Labute approximate surface area is 192 Å². The first-order valence-electron chi connectivity index (χ1n) is 9.91. The number of amides is 3. The van der Waals surface area contributed by atoms with Crippen molar-refractivity contribution in [3.63, 3.8) is 0 Å². The van der Waals surface area contributed by atoms with E-state index in [-0.39, 0.29) is 29.4 Å². The SMILES string of the molecule is O=C(Nc1ccccc1-c1nc2ccccc2s1)c1cccc(CN2C(=O)CSC2=O)c1. The van der Waals surface area contributed by atoms with Crippen LogP contribution in [0.3, 0.4) is 0 Å². The summed E-state index contributed by atoms with van der Waals surface area (Å²) in [4.78, 5) is 42.7. The van der Waals surface area contributed by atoms with Crippen molar-refractivity contribution in [1.82, 2.24) is 9.88 Å². The van der Waals surface area contributed by atoms with Crippen LogP contribution in [-0.2, 0) is 11.3 Å². The summed E-state index contributed by atoms with van der Waals surface area (Å²) in [5, 5.41) is 3.56. The number of aromatic nitrogens is 1. The predicted octanol–water partition coefficient (Wildman–Crippen LogP) is 5.41. The fourth-order valence-electron chi connectivity index (χ4n) is 3.49. The Kier molecular flexibility index (Phi) is 5.46. The van der Waals surface area contributed by atoms with Crippen molar-refractivity contribution in [2.24, 2.45) is 0 Å². The first-order valence-corrected chi connectivity index (χ1v) is 11.7. The van der Waals surface area contributed by atoms with E-state index in [0.717, 1.165) is 38.1 Å². The van der Waals surface area contributed by atoms with Crippen LogP contribution in [0.4, 0.5) is 10.5 Å². The second kappa shape index (κ2) is 8.57. The van der Waals surface area contributed by atoms with Gasteiger partial charge in [0.15, 0.2) is 0 Å². The topological polar surface area (TPSA) is 79.4 Å². The predicted molar refractivity (Wildman–Crippen MR) is 128 cm³/mol. The van der Waals surface area contributed by atoms with Gasteiger partial charge in [-0.15, -0.1) is 11.3 Å². The van der Waals surface area contributed by atoms with E-state index in [1.54, 1.807) is 35.6 Å². The monoisotopic (exact) mass is 459 g/mol. The molecule has 1 saturated heterocycles. The Morgan fingerprint density at radius 3 is 2.62 bits per heavy atom. The lowest BCUT2D eigenvalue weighted by atomic mass is 10.1. The Hall–Kier alpha value is -3.49. The summed E-state index contributed by atoms with van der Waals surface area (Å²) in [5.74, 6) is -0.310. The Morgan fingerprint density at radius 2 is 1.81 bits per heavy atom. The normalized spacial score (nSPS) is 13.7. The fourth-order valence-corrected chi connectivity index (χ4v) is 5.22. The van der Waals surface area contributed by atoms with Gasteiger partial charge in [0.1, 0.15) is 5.01 Å². The number of anilines is 1. The zero-order valence-corrected chi connectivity index (χ0v) is 18.4. The molecule has 0 unspecified atom stereocenters. The number of nitrogens with one attached hydrogen (secondary N) is 1. The fraction of sp³-hybridized carbons (Fsp3) is 0.0833. The highest BCUT2D eigenvalue weighted by Gasteiger charge is 2.29. The third-order valence-electron chi connectivity index (χ3n) is 5.07. The van der Waals surface area contributed by atoms with Crippen LogP contribution >= 0.6 is 23.1 Å². The minimum Gasteiger partial charge on any atom is -0.321 e. The highest BCUT2D eigenvalue weighted by Crippen LogP contribution is 2.34. The molecule has 0 spiro atoms. The zero-order chi connectivity index (χ0) is 22.1. The van der Waals surface area contributed by atoms with Crippen LogP contribution in [-0.4, -0.2) is 32.7 Å². The van der Waals surface area contributed by atoms with E-state index in [9.17, 15) is 14.4 Å². The van der Waals surface area contributed by atoms with Gasteiger partial charge in [0.2, 0.25) is 5.91 Å². The molecule has 3 amide bonds. The van der Waals surface area contributed by atoms with Crippen molar-refractivity contribution in [2.45, 2.75) is 6.54 Å². The summed E-state index contributed by atoms with van der Waals surface area (Å²) < 4.78 is 1.08. The van der Waals surface area contributed by atoms with Gasteiger partial charge in [0, 0.05) is 11.1 Å². The molecule has 158 valence electrons. The minimum atomic E-state index is -0.270. The van der Waals surface area contributed by atoms with Gasteiger partial charge in [-0.05, 0) is 42.0 Å². The second-order valence-electron chi connectivity index (χ2n) is 7.22. The number of hydrogen-bond acceptors (Lipinski definition) is 6. The van der Waals surface area contributed by atoms with Crippen LogP contribution in [0.5, 0.6) is 0 Å². The number of thiazole rings is 1. The number of para-hydroxylation sites is 2. The number of hydrogen-bond donors (Lipinski definition) is 1. The third kappa shape index (κ3) is 4.02. The van der Waals surface area contributed by atoms with Crippen molar-refractivity contribution < 1.29 is 14.4 Å². The van der Waals surface area contributed by atoms with Crippen molar-refractivity contribution in [1.29, 1.82) is 0 Å². The molecule has 4 aromatic rings. The van der Waals surface area contributed by atoms with Crippen LogP contribution in [0, 0.1) is 0 Å². The largest absolute Gasteiger partial charge is 0.321 e. The third-order valence-corrected chi connectivity index (χ3v) is 7.00. The number of carbonyl (C=O) groups is 3. The van der Waals surface area contributed by atoms with Crippen molar-refractivity contribution in [2.75, 3.05) is 11.1 Å². The number of benzene rings is 3. The highest BCUT2D eigenvalue weighted by atomic mass is 32.2. The lowest BCUT2D eigenvalue weighted by Crippen LogP contribution is -2.28. The maximum atomic E-state index is 13.0. The molecule has 0 radical (unpaired) electrons. The maximum absolute atomic E-state index is 13.0. The molecule has 0 atom stereocenters. The average Bonchev–Trinajstić information content (AvgIpc) is 3.38. The molecule has 1 aliphatic heterocycles. The molecule has 1 N–H and O–H groups in total. The summed E-state index contributed by atoms with van der Waals surface area (Å²) >= 11 is 2.57. The molecule has 8 heteroatoms. The molecule has 1 fully saturated rings. The quantitative estimate of drug-likeness (QED) is 0.432. The number of thioether (sulfide) groups is 1. The van der Waals surface area contributed by atoms with E-state index in [1.165, 1.54) is 4.90 Å². The number of fused-ring (bicyclic) bond motifs is 1. The van der Waals surface area contributed by atoms with Gasteiger partial charge in [-0.2, -0.15) is 0 Å². The molecule has 1 aromatic heterocycles. The van der Waals surface area contributed by atoms with Crippen LogP contribution in [0.15, 0.2) is 72.8 Å². The Balaban J connectivity index is 1.39. The van der Waals surface area contributed by atoms with Gasteiger partial charge >= 0.3 is 0 Å². The van der Waals surface area contributed by atoms with E-state index < -0.39 is 0 Å². The average molecular weight is 460 g/mol. The molecule has 0 bridgehead atoms. The van der Waals surface area contributed by atoms with Crippen LogP contribution < -0.4 is 5.32 Å². The van der Waals surface area contributed by atoms with Gasteiger partial charge in [-0.3, -0.25) is 19.3 Å². The summed E-state index contributed by atoms with van der Waals surface area (Å²) in [5.41, 5.74) is 3.62. The van der Waals surface area contributed by atoms with Crippen LogP contribution in [0.25, 0.3) is 20.8 Å². The lowest BCUT2D eigenvalue weighted by molar-refractivity contribution is -0.125. The van der Waals surface area contributed by atoms with Crippen LogP contribution in [0.1, 0.15) is 15.9 Å². The molecular weight excluding hydrogens is 442 g/mol. The minimum absolute atomic E-state index is 0.161. The number of imide groups is 1. The van der Waals surface area contributed by atoms with E-state index in [0.29, 0.717) is 11.3 Å². The summed E-state index contributed by atoms with van der Waals surface area (Å²) in [6.45, 7) is 0.161. The number of rotatable bonds is 5. The molecule has 32 heavy (non-hydrogen) atoms. The van der Waals surface area contributed by atoms with Gasteiger partial charge in [-0.25, -0.2) is 4.98 Å². The highest BCUT2D eigenvalue weighted by molar-refractivity contribution is 8.14. The Bertz CT molecular complexity index is 1320. The van der Waals surface area contributed by atoms with E-state index >= 15 is 0 Å². The molecule has 6 nitrogen and oxygen atoms in total. The summed E-state index contributed by atoms with van der Waals surface area (Å²) in [7, 11) is 0. The smallest absolute Gasteiger partial charge is 0.289 e. The van der Waals surface area contributed by atoms with E-state index in [4.69, 9.17) is 4.98 Å².